The van der Waals surface area contributed by atoms with Gasteiger partial charge in [0.05, 0.1) is 54.2 Å². The van der Waals surface area contributed by atoms with Crippen molar-refractivity contribution < 1.29 is 0 Å². The second-order valence-electron chi connectivity index (χ2n) is 28.5. The van der Waals surface area contributed by atoms with Crippen molar-refractivity contribution in [3.63, 3.8) is 0 Å². The van der Waals surface area contributed by atoms with Crippen molar-refractivity contribution in [2.24, 2.45) is 0 Å². The fourth-order valence-electron chi connectivity index (χ4n) is 15.8. The predicted octanol–water partition coefficient (Wildman–Crippen LogP) is 32.3. The molecule has 0 spiro atoms. The molecule has 572 valence electrons. The normalized spacial score (nSPS) is 11.0. The van der Waals surface area contributed by atoms with Gasteiger partial charge in [-0.05, 0) is 218 Å². The first-order valence-corrected chi connectivity index (χ1v) is 40.8. The van der Waals surface area contributed by atoms with Gasteiger partial charge in [-0.15, -0.1) is 0 Å². The van der Waals surface area contributed by atoms with Gasteiger partial charge in [0.25, 0.3) is 0 Å². The van der Waals surface area contributed by atoms with E-state index in [1.54, 1.807) is 6.07 Å². The van der Waals surface area contributed by atoms with Gasteiger partial charge in [0.2, 0.25) is 0 Å². The Morgan fingerprint density at radius 3 is 0.832 bits per heavy atom. The third-order valence-electron chi connectivity index (χ3n) is 21.1. The van der Waals surface area contributed by atoms with Crippen molar-refractivity contribution in [3.8, 4) is 11.4 Å². The summed E-state index contributed by atoms with van der Waals surface area (Å²) in [6.07, 6.45) is 0. The number of fused-ring (bicyclic) bond motifs is 6. The van der Waals surface area contributed by atoms with Crippen molar-refractivity contribution >= 4 is 175 Å². The maximum atomic E-state index is 7.80. The molecule has 11 heteroatoms. The number of hydrogen-bond donors (Lipinski definition) is 1. The van der Waals surface area contributed by atoms with Gasteiger partial charge in [0.1, 0.15) is 0 Å². The summed E-state index contributed by atoms with van der Waals surface area (Å²) in [6, 6.07) is 164. The summed E-state index contributed by atoms with van der Waals surface area (Å²) in [6.45, 7) is 0. The van der Waals surface area contributed by atoms with Crippen molar-refractivity contribution in [1.82, 2.24) is 9.13 Å². The van der Waals surface area contributed by atoms with Gasteiger partial charge in [0, 0.05) is 113 Å². The highest BCUT2D eigenvalue weighted by atomic mass is 35.5. The summed E-state index contributed by atoms with van der Waals surface area (Å²) in [5.41, 5.74) is 24.0. The number of benzene rings is 18. The van der Waals surface area contributed by atoms with Crippen molar-refractivity contribution in [1.29, 1.82) is 0 Å². The number of rotatable bonds is 19. The van der Waals surface area contributed by atoms with Crippen LogP contribution in [0, 0.1) is 0 Å². The van der Waals surface area contributed by atoms with Gasteiger partial charge < -0.3 is 39.0 Å². The molecule has 2 aromatic heterocycles. The quantitative estimate of drug-likeness (QED) is 0.0870. The van der Waals surface area contributed by atoms with E-state index in [-0.39, 0.29) is 0 Å². The molecule has 0 atom stereocenters. The molecule has 8 nitrogen and oxygen atoms in total. The molecular formula is C108H79Cl3N8. The largest absolute Gasteiger partial charge is 0.355 e. The molecule has 0 fully saturated rings. The van der Waals surface area contributed by atoms with E-state index in [4.69, 9.17) is 34.8 Å². The van der Waals surface area contributed by atoms with Gasteiger partial charge >= 0.3 is 0 Å². The zero-order valence-corrected chi connectivity index (χ0v) is 67.1. The predicted molar refractivity (Wildman–Crippen MR) is 506 cm³/mol. The maximum Gasteiger partial charge on any atom is 0.0887 e. The molecule has 0 aliphatic carbocycles. The van der Waals surface area contributed by atoms with Crippen LogP contribution in [-0.2, 0) is 0 Å². The highest BCUT2D eigenvalue weighted by Crippen LogP contribution is 2.50. The lowest BCUT2D eigenvalue weighted by atomic mass is 10.1. The summed E-state index contributed by atoms with van der Waals surface area (Å²) in [4.78, 5) is 11.2. The third kappa shape index (κ3) is 16.0. The highest BCUT2D eigenvalue weighted by molar-refractivity contribution is 6.44. The number of nitrogens with zero attached hydrogens (tertiary/aromatic N) is 7. The topological polar surface area (TPSA) is 38.1 Å². The zero-order valence-electron chi connectivity index (χ0n) is 64.8. The van der Waals surface area contributed by atoms with Gasteiger partial charge in [-0.1, -0.05) is 290 Å². The monoisotopic (exact) mass is 1590 g/mol. The van der Waals surface area contributed by atoms with Crippen LogP contribution in [0.1, 0.15) is 0 Å². The van der Waals surface area contributed by atoms with Crippen LogP contribution in [0.2, 0.25) is 15.1 Å². The molecule has 1 N–H and O–H groups in total. The van der Waals surface area contributed by atoms with Crippen molar-refractivity contribution in [2.75, 3.05) is 29.8 Å². The molecule has 0 saturated carbocycles. The number of hydrogen-bond acceptors (Lipinski definition) is 6. The molecule has 0 amide bonds. The van der Waals surface area contributed by atoms with Crippen LogP contribution in [0.4, 0.5) is 96.7 Å². The van der Waals surface area contributed by atoms with E-state index in [0.29, 0.717) is 15.1 Å². The first-order chi connectivity index (χ1) is 58.8. The van der Waals surface area contributed by atoms with E-state index < -0.39 is 0 Å². The van der Waals surface area contributed by atoms with E-state index in [2.05, 4.69) is 439 Å². The third-order valence-corrected chi connectivity index (χ3v) is 22.3. The van der Waals surface area contributed by atoms with E-state index in [1.165, 1.54) is 38.3 Å². The van der Waals surface area contributed by atoms with E-state index in [9.17, 15) is 0 Å². The SMILES string of the molecule is Clc1c(N(c2ccccc2)c2cccc(N(c3ccccc3)c3ccccc3)c2)cccc1N(c1ccccc1)c1ccc2c3ccccc3n(-c3ccccc3)c2c1.Clc1cccc(N(c2ccccc2)c2cccc(N(c3ccccc3)c3ccccc3)c2)c1Cl.c1ccc(Nc2ccc3c4ccccc4n(-c4ccccc4)c3c2)cc1. The Labute approximate surface area is 708 Å². The summed E-state index contributed by atoms with van der Waals surface area (Å²) in [5.74, 6) is 0. The molecule has 20 aromatic rings. The van der Waals surface area contributed by atoms with E-state index >= 15 is 0 Å². The summed E-state index contributed by atoms with van der Waals surface area (Å²) < 4.78 is 4.69. The molecule has 0 bridgehead atoms. The van der Waals surface area contributed by atoms with Crippen LogP contribution in [0.5, 0.6) is 0 Å². The van der Waals surface area contributed by atoms with Crippen LogP contribution < -0.4 is 29.8 Å². The lowest BCUT2D eigenvalue weighted by Crippen LogP contribution is -2.15. The molecule has 0 aliphatic rings. The number of para-hydroxylation sites is 12. The van der Waals surface area contributed by atoms with Crippen LogP contribution in [0.3, 0.4) is 0 Å². The first kappa shape index (κ1) is 75.6. The van der Waals surface area contributed by atoms with Crippen LogP contribution in [-0.4, -0.2) is 9.13 Å². The minimum absolute atomic E-state index is 0.515. The Morgan fingerprint density at radius 2 is 0.445 bits per heavy atom. The number of halogens is 3. The standard InChI is InChI=1S/C54H39ClN4.C30H22Cl2N2.C24H18N2/c55-54-51(57(42-24-10-3-11-25-42)46-31-18-30-45(38-46)56(40-20-6-1-7-21-40)41-22-8-2-9-23-41)34-19-35-52(54)58(43-26-12-4-13-27-43)47-36-37-49-48-32-16-17-33-50(48)59(53(49)39-47)44-28-14-5-15-29-44;31-28-20-11-21-29(30(28)32)34(25-16-8-3-9-17-25)27-19-10-18-26(22-27)33(23-12-4-1-5-13-23)24-14-6-2-7-15-24;1-3-9-18(10-4-1)25-19-15-16-22-21-13-7-8-14-23(21)26(24(22)17-19)20-11-5-2-6-12-20/h1-39H;1-22H;1-17,25H. The Balaban J connectivity index is 0.000000136. The highest BCUT2D eigenvalue weighted by Gasteiger charge is 2.26. The molecule has 0 unspecified atom stereocenters. The fourth-order valence-corrected chi connectivity index (χ4v) is 16.5. The summed E-state index contributed by atoms with van der Waals surface area (Å²) >= 11 is 20.9. The Morgan fingerprint density at radius 1 is 0.176 bits per heavy atom. The Kier molecular flexibility index (Phi) is 22.3. The molecule has 119 heavy (non-hydrogen) atoms. The average molecular weight is 1600 g/mol. The van der Waals surface area contributed by atoms with Crippen molar-refractivity contribution in [3.05, 3.63) is 488 Å². The van der Waals surface area contributed by atoms with Crippen LogP contribution in [0.15, 0.2) is 473 Å². The van der Waals surface area contributed by atoms with Crippen molar-refractivity contribution in [2.45, 2.75) is 0 Å². The Bertz CT molecular complexity index is 6730. The minimum atomic E-state index is 0.515. The summed E-state index contributed by atoms with van der Waals surface area (Å²) in [5, 5.41) is 10.1. The fraction of sp³-hybridized carbons (Fsp3) is 0. The number of anilines is 17. The second kappa shape index (κ2) is 35.1. The minimum Gasteiger partial charge on any atom is -0.355 e. The number of nitrogens with one attached hydrogen (secondary N) is 1. The van der Waals surface area contributed by atoms with E-state index in [0.717, 1.165) is 113 Å². The molecule has 20 rings (SSSR count). The average Bonchev–Trinajstić information content (AvgIpc) is 1.62. The first-order valence-electron chi connectivity index (χ1n) is 39.6. The lowest BCUT2D eigenvalue weighted by molar-refractivity contribution is 1.18. The van der Waals surface area contributed by atoms with Gasteiger partial charge in [0.15, 0.2) is 0 Å². The van der Waals surface area contributed by atoms with Gasteiger partial charge in [-0.3, -0.25) is 0 Å². The van der Waals surface area contributed by atoms with Crippen LogP contribution in [0.25, 0.3) is 55.0 Å². The summed E-state index contributed by atoms with van der Waals surface area (Å²) in [7, 11) is 0. The van der Waals surface area contributed by atoms with Gasteiger partial charge in [-0.2, -0.15) is 0 Å². The molecule has 0 aliphatic heterocycles. The second-order valence-corrected chi connectivity index (χ2v) is 29.7. The molecule has 0 radical (unpaired) electrons. The lowest BCUT2D eigenvalue weighted by Gasteiger charge is -2.32. The molecular weight excluding hydrogens is 1520 g/mol. The molecule has 0 saturated heterocycles. The van der Waals surface area contributed by atoms with E-state index in [1.807, 2.05) is 66.7 Å². The zero-order chi connectivity index (χ0) is 80.2. The Hall–Kier alpha value is -14.8. The maximum absolute atomic E-state index is 7.80. The molecule has 2 heterocycles. The van der Waals surface area contributed by atoms with Crippen LogP contribution >= 0.6 is 34.8 Å². The van der Waals surface area contributed by atoms with Gasteiger partial charge in [-0.25, -0.2) is 0 Å². The number of aromatic nitrogens is 2. The molecule has 18 aromatic carbocycles. The smallest absolute Gasteiger partial charge is 0.0887 e.